The van der Waals surface area contributed by atoms with Crippen molar-refractivity contribution in [3.05, 3.63) is 59.7 Å². The van der Waals surface area contributed by atoms with Gasteiger partial charge in [0.25, 0.3) is 0 Å². The number of rotatable bonds is 5. The molecule has 0 unspecified atom stereocenters. The van der Waals surface area contributed by atoms with Crippen molar-refractivity contribution in [3.8, 4) is 0 Å². The number of alkyl halides is 3. The van der Waals surface area contributed by atoms with Crippen molar-refractivity contribution in [3.63, 3.8) is 0 Å². The highest BCUT2D eigenvalue weighted by atomic mass is 19.4. The minimum atomic E-state index is -4.53. The number of carbonyl (C=O) groups is 3. The van der Waals surface area contributed by atoms with Crippen LogP contribution in [0.25, 0.3) is 0 Å². The summed E-state index contributed by atoms with van der Waals surface area (Å²) in [5.74, 6) is -2.61. The van der Waals surface area contributed by atoms with Crippen molar-refractivity contribution < 1.29 is 27.6 Å². The van der Waals surface area contributed by atoms with Crippen LogP contribution in [0.2, 0.25) is 0 Å². The zero-order chi connectivity index (χ0) is 22.3. The predicted octanol–water partition coefficient (Wildman–Crippen LogP) is 3.47. The molecule has 2 aromatic carbocycles. The summed E-state index contributed by atoms with van der Waals surface area (Å²) < 4.78 is 38.1. The van der Waals surface area contributed by atoms with Crippen LogP contribution in [0.5, 0.6) is 0 Å². The molecule has 3 N–H and O–H groups in total. The van der Waals surface area contributed by atoms with Crippen molar-refractivity contribution in [2.24, 2.45) is 5.10 Å². The number of hydrogen-bond donors (Lipinski definition) is 3. The van der Waals surface area contributed by atoms with Crippen LogP contribution in [0.15, 0.2) is 53.6 Å². The van der Waals surface area contributed by atoms with Crippen LogP contribution in [-0.2, 0) is 20.6 Å². The molecule has 0 saturated heterocycles. The Hall–Kier alpha value is -3.69. The van der Waals surface area contributed by atoms with Gasteiger partial charge in [0.15, 0.2) is 0 Å². The van der Waals surface area contributed by atoms with E-state index in [2.05, 4.69) is 15.7 Å². The minimum Gasteiger partial charge on any atom is -0.326 e. The maximum absolute atomic E-state index is 12.7. The van der Waals surface area contributed by atoms with Crippen LogP contribution in [0.1, 0.15) is 24.5 Å². The summed E-state index contributed by atoms with van der Waals surface area (Å²) in [7, 11) is 0. The minimum absolute atomic E-state index is 0.0239. The van der Waals surface area contributed by atoms with Crippen molar-refractivity contribution in [2.45, 2.75) is 26.4 Å². The molecule has 0 radical (unpaired) electrons. The zero-order valence-corrected chi connectivity index (χ0v) is 16.1. The molecule has 0 spiro atoms. The second-order valence-electron chi connectivity index (χ2n) is 6.41. The molecular formula is C20H19F3N4O3. The Morgan fingerprint density at radius 2 is 1.60 bits per heavy atom. The Bertz CT molecular complexity index is 970. The molecule has 3 amide bonds. The van der Waals surface area contributed by atoms with Gasteiger partial charge in [0.2, 0.25) is 5.91 Å². The number of amides is 3. The van der Waals surface area contributed by atoms with Crippen molar-refractivity contribution in [1.29, 1.82) is 0 Å². The van der Waals surface area contributed by atoms with Crippen LogP contribution in [-0.4, -0.2) is 23.4 Å². The Morgan fingerprint density at radius 1 is 0.933 bits per heavy atom. The normalized spacial score (nSPS) is 11.6. The molecule has 2 rings (SSSR count). The molecule has 0 fully saturated rings. The number of aryl methyl sites for hydroxylation is 1. The van der Waals surface area contributed by atoms with E-state index in [1.807, 2.05) is 12.3 Å². The number of nitrogens with zero attached hydrogens (tertiary/aromatic N) is 1. The molecule has 0 aliphatic carbocycles. The van der Waals surface area contributed by atoms with Crippen LogP contribution in [0, 0.1) is 6.92 Å². The highest BCUT2D eigenvalue weighted by molar-refractivity contribution is 6.39. The molecular weight excluding hydrogens is 401 g/mol. The molecule has 0 atom stereocenters. The average molecular weight is 420 g/mol. The summed E-state index contributed by atoms with van der Waals surface area (Å²) in [6.07, 6.45) is -4.82. The predicted molar refractivity (Wildman–Crippen MR) is 106 cm³/mol. The number of hydrazone groups is 1. The van der Waals surface area contributed by atoms with E-state index in [1.54, 1.807) is 24.3 Å². The Labute approximate surface area is 170 Å². The number of hydrogen-bond acceptors (Lipinski definition) is 4. The molecule has 0 saturated carbocycles. The molecule has 0 aromatic heterocycles. The molecule has 0 bridgehead atoms. The third-order valence-electron chi connectivity index (χ3n) is 3.75. The van der Waals surface area contributed by atoms with Gasteiger partial charge in [-0.15, -0.1) is 0 Å². The van der Waals surface area contributed by atoms with Gasteiger partial charge in [0.1, 0.15) is 0 Å². The third-order valence-corrected chi connectivity index (χ3v) is 3.75. The lowest BCUT2D eigenvalue weighted by Gasteiger charge is -2.10. The molecule has 2 aromatic rings. The zero-order valence-electron chi connectivity index (χ0n) is 16.1. The number of carbonyl (C=O) groups excluding carboxylic acids is 3. The van der Waals surface area contributed by atoms with Gasteiger partial charge in [0, 0.05) is 17.1 Å². The molecule has 0 aliphatic rings. The standard InChI is InChI=1S/C20H19F3N4O3/c1-12-6-8-15(9-7-12)25-18(29)19(30)27-26-13(2)10-17(28)24-16-5-3-4-14(11-16)20(21,22)23/h3-9,11H,10H2,1-2H3,(H,24,28)(H,25,29)(H,27,30)/b26-13+. The quantitative estimate of drug-likeness (QED) is 0.392. The van der Waals surface area contributed by atoms with Gasteiger partial charge in [-0.05, 0) is 44.2 Å². The fraction of sp³-hybridized carbons (Fsp3) is 0.200. The molecule has 158 valence electrons. The first-order valence-corrected chi connectivity index (χ1v) is 8.73. The van der Waals surface area contributed by atoms with E-state index in [1.165, 1.54) is 19.1 Å². The van der Waals surface area contributed by atoms with E-state index in [0.29, 0.717) is 5.69 Å². The Morgan fingerprint density at radius 3 is 2.23 bits per heavy atom. The smallest absolute Gasteiger partial charge is 0.326 e. The maximum atomic E-state index is 12.7. The van der Waals surface area contributed by atoms with Crippen LogP contribution in [0.4, 0.5) is 24.5 Å². The fourth-order valence-corrected chi connectivity index (χ4v) is 2.27. The molecule has 7 nitrogen and oxygen atoms in total. The average Bonchev–Trinajstić information content (AvgIpc) is 2.67. The van der Waals surface area contributed by atoms with Crippen LogP contribution in [0.3, 0.4) is 0 Å². The summed E-state index contributed by atoms with van der Waals surface area (Å²) in [6, 6.07) is 11.0. The van der Waals surface area contributed by atoms with Gasteiger partial charge in [0.05, 0.1) is 12.0 Å². The summed E-state index contributed by atoms with van der Waals surface area (Å²) in [6.45, 7) is 3.29. The Balaban J connectivity index is 1.86. The molecule has 0 aliphatic heterocycles. The molecule has 10 heteroatoms. The van der Waals surface area contributed by atoms with Crippen molar-refractivity contribution in [2.75, 3.05) is 10.6 Å². The van der Waals surface area contributed by atoms with Crippen LogP contribution < -0.4 is 16.1 Å². The Kier molecular flexibility index (Phi) is 7.29. The topological polar surface area (TPSA) is 99.7 Å². The van der Waals surface area contributed by atoms with Gasteiger partial charge in [-0.2, -0.15) is 18.3 Å². The highest BCUT2D eigenvalue weighted by Gasteiger charge is 2.30. The lowest BCUT2D eigenvalue weighted by atomic mass is 10.2. The van der Waals surface area contributed by atoms with E-state index in [9.17, 15) is 27.6 Å². The second-order valence-corrected chi connectivity index (χ2v) is 6.41. The lowest BCUT2D eigenvalue weighted by molar-refractivity contribution is -0.137. The number of benzene rings is 2. The van der Waals surface area contributed by atoms with Crippen LogP contribution >= 0.6 is 0 Å². The van der Waals surface area contributed by atoms with Gasteiger partial charge >= 0.3 is 18.0 Å². The van der Waals surface area contributed by atoms with Gasteiger partial charge in [-0.1, -0.05) is 23.8 Å². The summed E-state index contributed by atoms with van der Waals surface area (Å²) in [4.78, 5) is 35.6. The third kappa shape index (κ3) is 7.04. The second kappa shape index (κ2) is 9.68. The van der Waals surface area contributed by atoms with Gasteiger partial charge in [-0.25, -0.2) is 5.43 Å². The monoisotopic (exact) mass is 420 g/mol. The fourth-order valence-electron chi connectivity index (χ4n) is 2.27. The summed E-state index contributed by atoms with van der Waals surface area (Å²) in [5.41, 5.74) is 2.67. The molecule has 0 heterocycles. The van der Waals surface area contributed by atoms with E-state index in [4.69, 9.17) is 0 Å². The lowest BCUT2D eigenvalue weighted by Crippen LogP contribution is -2.33. The van der Waals surface area contributed by atoms with E-state index in [0.717, 1.165) is 17.7 Å². The number of halogens is 3. The van der Waals surface area contributed by atoms with Crippen molar-refractivity contribution in [1.82, 2.24) is 5.43 Å². The number of nitrogens with one attached hydrogen (secondary N) is 3. The summed E-state index contributed by atoms with van der Waals surface area (Å²) in [5, 5.41) is 8.37. The maximum Gasteiger partial charge on any atom is 0.416 e. The highest BCUT2D eigenvalue weighted by Crippen LogP contribution is 2.30. The first-order valence-electron chi connectivity index (χ1n) is 8.73. The van der Waals surface area contributed by atoms with Crippen molar-refractivity contribution >= 4 is 34.8 Å². The SMILES string of the molecule is C/C(CC(=O)Nc1cccc(C(F)(F)F)c1)=N\NC(=O)C(=O)Nc1ccc(C)cc1. The van der Waals surface area contributed by atoms with E-state index in [-0.39, 0.29) is 17.8 Å². The van der Waals surface area contributed by atoms with Gasteiger partial charge in [-0.3, -0.25) is 14.4 Å². The summed E-state index contributed by atoms with van der Waals surface area (Å²) >= 11 is 0. The van der Waals surface area contributed by atoms with E-state index < -0.39 is 29.5 Å². The molecule has 30 heavy (non-hydrogen) atoms. The number of anilines is 2. The largest absolute Gasteiger partial charge is 0.416 e. The first kappa shape index (κ1) is 22.6. The van der Waals surface area contributed by atoms with E-state index >= 15 is 0 Å². The first-order chi connectivity index (χ1) is 14.0. The van der Waals surface area contributed by atoms with Gasteiger partial charge < -0.3 is 10.6 Å².